The molecule has 19 heavy (non-hydrogen) atoms. The van der Waals surface area contributed by atoms with Crippen molar-refractivity contribution in [3.8, 4) is 0 Å². The standard InChI is InChI=1S/C15H20BrNO2/c1-15(2,3)19-14(18)17-10-5-4-7-12-8-6-9-13(16)11-12/h4,6-9,11H,5,10H2,1-3H3,(H,17,18). The summed E-state index contributed by atoms with van der Waals surface area (Å²) in [5, 5.41) is 2.72. The van der Waals surface area contributed by atoms with Crippen LogP contribution in [0.5, 0.6) is 0 Å². The van der Waals surface area contributed by atoms with Gasteiger partial charge in [-0.15, -0.1) is 0 Å². The molecule has 0 aliphatic heterocycles. The summed E-state index contributed by atoms with van der Waals surface area (Å²) in [5.41, 5.74) is 0.683. The molecule has 0 unspecified atom stereocenters. The van der Waals surface area contributed by atoms with Crippen molar-refractivity contribution in [1.82, 2.24) is 5.32 Å². The third-order valence-electron chi connectivity index (χ3n) is 2.14. The number of ether oxygens (including phenoxy) is 1. The lowest BCUT2D eigenvalue weighted by Crippen LogP contribution is -2.32. The van der Waals surface area contributed by atoms with Crippen LogP contribution in [-0.2, 0) is 4.74 Å². The molecule has 4 heteroatoms. The number of nitrogens with one attached hydrogen (secondary N) is 1. The van der Waals surface area contributed by atoms with E-state index in [2.05, 4.69) is 21.2 Å². The van der Waals surface area contributed by atoms with Gasteiger partial charge in [-0.05, 0) is 44.9 Å². The van der Waals surface area contributed by atoms with Crippen molar-refractivity contribution in [3.05, 3.63) is 40.4 Å². The van der Waals surface area contributed by atoms with Gasteiger partial charge in [0, 0.05) is 11.0 Å². The second-order valence-corrected chi connectivity index (χ2v) is 6.09. The smallest absolute Gasteiger partial charge is 0.407 e. The Labute approximate surface area is 123 Å². The van der Waals surface area contributed by atoms with Crippen LogP contribution in [0.1, 0.15) is 32.8 Å². The molecular weight excluding hydrogens is 306 g/mol. The number of benzene rings is 1. The molecule has 0 saturated heterocycles. The average Bonchev–Trinajstić information content (AvgIpc) is 2.26. The highest BCUT2D eigenvalue weighted by Gasteiger charge is 2.14. The minimum Gasteiger partial charge on any atom is -0.444 e. The first-order valence-electron chi connectivity index (χ1n) is 6.26. The zero-order valence-electron chi connectivity index (χ0n) is 11.6. The monoisotopic (exact) mass is 325 g/mol. The van der Waals surface area contributed by atoms with Crippen molar-refractivity contribution in [1.29, 1.82) is 0 Å². The van der Waals surface area contributed by atoms with E-state index in [-0.39, 0.29) is 6.09 Å². The van der Waals surface area contributed by atoms with Gasteiger partial charge < -0.3 is 10.1 Å². The van der Waals surface area contributed by atoms with Crippen molar-refractivity contribution in [2.45, 2.75) is 32.8 Å². The Hall–Kier alpha value is -1.29. The quantitative estimate of drug-likeness (QED) is 0.834. The lowest BCUT2D eigenvalue weighted by molar-refractivity contribution is 0.0529. The highest BCUT2D eigenvalue weighted by Crippen LogP contribution is 2.12. The largest absolute Gasteiger partial charge is 0.444 e. The number of alkyl carbamates (subject to hydrolysis) is 1. The van der Waals surface area contributed by atoms with Crippen LogP contribution >= 0.6 is 15.9 Å². The maximum Gasteiger partial charge on any atom is 0.407 e. The Morgan fingerprint density at radius 1 is 1.42 bits per heavy atom. The van der Waals surface area contributed by atoms with E-state index >= 15 is 0 Å². The summed E-state index contributed by atoms with van der Waals surface area (Å²) in [6, 6.07) is 8.05. The zero-order valence-corrected chi connectivity index (χ0v) is 13.2. The topological polar surface area (TPSA) is 38.3 Å². The Bertz CT molecular complexity index is 450. The summed E-state index contributed by atoms with van der Waals surface area (Å²) in [5.74, 6) is 0. The third-order valence-corrected chi connectivity index (χ3v) is 2.63. The first-order valence-corrected chi connectivity index (χ1v) is 7.05. The minimum atomic E-state index is -0.448. The van der Waals surface area contributed by atoms with Crippen LogP contribution in [-0.4, -0.2) is 18.2 Å². The van der Waals surface area contributed by atoms with Crippen molar-refractivity contribution in [3.63, 3.8) is 0 Å². The Morgan fingerprint density at radius 2 is 2.16 bits per heavy atom. The molecule has 104 valence electrons. The molecule has 0 radical (unpaired) electrons. The predicted molar refractivity (Wildman–Crippen MR) is 82.0 cm³/mol. The molecule has 0 heterocycles. The lowest BCUT2D eigenvalue weighted by Gasteiger charge is -2.19. The molecule has 1 amide bonds. The van der Waals surface area contributed by atoms with E-state index in [9.17, 15) is 4.79 Å². The zero-order chi connectivity index (χ0) is 14.3. The molecule has 0 atom stereocenters. The molecule has 0 aromatic heterocycles. The first-order chi connectivity index (χ1) is 8.87. The van der Waals surface area contributed by atoms with E-state index in [1.807, 2.05) is 57.2 Å². The third kappa shape index (κ3) is 7.67. The second-order valence-electron chi connectivity index (χ2n) is 5.17. The van der Waals surface area contributed by atoms with E-state index < -0.39 is 5.60 Å². The fraction of sp³-hybridized carbons (Fsp3) is 0.400. The predicted octanol–water partition coefficient (Wildman–Crippen LogP) is 4.38. The van der Waals surface area contributed by atoms with Crippen LogP contribution in [0.2, 0.25) is 0 Å². The number of carbonyl (C=O) groups is 1. The molecule has 0 aliphatic rings. The highest BCUT2D eigenvalue weighted by molar-refractivity contribution is 9.10. The number of carbonyl (C=O) groups excluding carboxylic acids is 1. The van der Waals surface area contributed by atoms with E-state index in [1.165, 1.54) is 0 Å². The summed E-state index contributed by atoms with van der Waals surface area (Å²) in [6.45, 7) is 6.11. The number of rotatable bonds is 4. The molecule has 0 spiro atoms. The molecule has 0 saturated carbocycles. The first kappa shape index (κ1) is 15.8. The van der Waals surface area contributed by atoms with Crippen LogP contribution in [0.15, 0.2) is 34.8 Å². The van der Waals surface area contributed by atoms with Crippen LogP contribution in [0, 0.1) is 0 Å². The van der Waals surface area contributed by atoms with Crippen molar-refractivity contribution >= 4 is 28.1 Å². The van der Waals surface area contributed by atoms with Gasteiger partial charge in [0.05, 0.1) is 0 Å². The van der Waals surface area contributed by atoms with Crippen LogP contribution in [0.3, 0.4) is 0 Å². The van der Waals surface area contributed by atoms with Crippen molar-refractivity contribution < 1.29 is 9.53 Å². The average molecular weight is 326 g/mol. The Kier molecular flexibility index (Phi) is 6.09. The summed E-state index contributed by atoms with van der Waals surface area (Å²) in [4.78, 5) is 11.4. The number of hydrogen-bond acceptors (Lipinski definition) is 2. The summed E-state index contributed by atoms with van der Waals surface area (Å²) >= 11 is 3.42. The lowest BCUT2D eigenvalue weighted by atomic mass is 10.2. The maximum atomic E-state index is 11.4. The van der Waals surface area contributed by atoms with E-state index in [0.29, 0.717) is 6.54 Å². The van der Waals surface area contributed by atoms with Gasteiger partial charge in [0.2, 0.25) is 0 Å². The van der Waals surface area contributed by atoms with E-state index in [1.54, 1.807) is 0 Å². The number of halogens is 1. The van der Waals surface area contributed by atoms with Gasteiger partial charge in [0.25, 0.3) is 0 Å². The number of hydrogen-bond donors (Lipinski definition) is 1. The Morgan fingerprint density at radius 3 is 2.79 bits per heavy atom. The molecule has 1 N–H and O–H groups in total. The normalized spacial score (nSPS) is 11.6. The summed E-state index contributed by atoms with van der Waals surface area (Å²) < 4.78 is 6.19. The molecule has 3 nitrogen and oxygen atoms in total. The van der Waals surface area contributed by atoms with Crippen molar-refractivity contribution in [2.75, 3.05) is 6.54 Å². The molecule has 1 aromatic rings. The maximum absolute atomic E-state index is 11.4. The van der Waals surface area contributed by atoms with E-state index in [0.717, 1.165) is 16.5 Å². The van der Waals surface area contributed by atoms with E-state index in [4.69, 9.17) is 4.74 Å². The fourth-order valence-electron chi connectivity index (χ4n) is 1.40. The Balaban J connectivity index is 2.26. The van der Waals surface area contributed by atoms with Gasteiger partial charge in [-0.1, -0.05) is 40.2 Å². The van der Waals surface area contributed by atoms with Gasteiger partial charge in [0.15, 0.2) is 0 Å². The second kappa shape index (κ2) is 7.34. The molecular formula is C15H20BrNO2. The highest BCUT2D eigenvalue weighted by atomic mass is 79.9. The van der Waals surface area contributed by atoms with Gasteiger partial charge in [-0.3, -0.25) is 0 Å². The molecule has 0 fully saturated rings. The molecule has 0 aliphatic carbocycles. The van der Waals surface area contributed by atoms with Gasteiger partial charge in [-0.2, -0.15) is 0 Å². The van der Waals surface area contributed by atoms with Gasteiger partial charge >= 0.3 is 6.09 Å². The minimum absolute atomic E-state index is 0.372. The molecule has 1 rings (SSSR count). The van der Waals surface area contributed by atoms with Gasteiger partial charge in [-0.25, -0.2) is 4.79 Å². The molecule has 1 aromatic carbocycles. The SMILES string of the molecule is CC(C)(C)OC(=O)NCCC=Cc1cccc(Br)c1. The van der Waals surface area contributed by atoms with Crippen LogP contribution < -0.4 is 5.32 Å². The number of amides is 1. The van der Waals surface area contributed by atoms with Crippen LogP contribution in [0.25, 0.3) is 6.08 Å². The van der Waals surface area contributed by atoms with Gasteiger partial charge in [0.1, 0.15) is 5.60 Å². The van der Waals surface area contributed by atoms with Crippen molar-refractivity contribution in [2.24, 2.45) is 0 Å². The van der Waals surface area contributed by atoms with Crippen LogP contribution in [0.4, 0.5) is 4.79 Å². The summed E-state index contributed by atoms with van der Waals surface area (Å²) in [6.07, 6.45) is 4.45. The molecule has 0 bridgehead atoms. The summed E-state index contributed by atoms with van der Waals surface area (Å²) in [7, 11) is 0. The fourth-order valence-corrected chi connectivity index (χ4v) is 1.82.